The minimum Gasteiger partial charge on any atom is -0.494 e. The van der Waals surface area contributed by atoms with Crippen LogP contribution in [-0.4, -0.2) is 25.8 Å². The second kappa shape index (κ2) is 8.05. The average molecular weight is 300 g/mol. The molecule has 0 N–H and O–H groups in total. The molecule has 0 radical (unpaired) electrons. The second-order valence-electron chi connectivity index (χ2n) is 4.92. The molecule has 0 aromatic heterocycles. The first-order valence-corrected chi connectivity index (χ1v) is 5.76. The van der Waals surface area contributed by atoms with Crippen molar-refractivity contribution in [3.05, 3.63) is 24.3 Å². The predicted molar refractivity (Wildman–Crippen MR) is 66.4 cm³/mol. The Balaban J connectivity index is 0.00000324. The molecule has 0 saturated heterocycles. The smallest absolute Gasteiger partial charge is 0.494 e. The first-order valence-electron chi connectivity index (χ1n) is 5.76. The van der Waals surface area contributed by atoms with Crippen LogP contribution in [0, 0.1) is 0 Å². The first kappa shape index (κ1) is 19.5. The minimum atomic E-state index is -5.05. The summed E-state index contributed by atoms with van der Waals surface area (Å²) in [5.74, 6) is -0.137. The predicted octanol–water partition coefficient (Wildman–Crippen LogP) is -0.0611. The molecule has 0 unspecified atom stereocenters. The summed E-state index contributed by atoms with van der Waals surface area (Å²) in [6, 6.07) is 5.22. The van der Waals surface area contributed by atoms with E-state index in [1.807, 2.05) is 20.8 Å². The van der Waals surface area contributed by atoms with Crippen LogP contribution in [0.15, 0.2) is 24.3 Å². The van der Waals surface area contributed by atoms with Gasteiger partial charge in [0.1, 0.15) is 6.61 Å². The summed E-state index contributed by atoms with van der Waals surface area (Å²) in [7, 11) is 0. The Labute approximate surface area is 154 Å². The molecular formula is C12H17BF3KO2. The fourth-order valence-corrected chi connectivity index (χ4v) is 1.38. The van der Waals surface area contributed by atoms with Crippen LogP contribution in [-0.2, 0) is 4.74 Å². The third kappa shape index (κ3) is 7.72. The summed E-state index contributed by atoms with van der Waals surface area (Å²) in [5, 5.41) is 0. The van der Waals surface area contributed by atoms with Crippen LogP contribution < -0.4 is 61.6 Å². The van der Waals surface area contributed by atoms with Gasteiger partial charge in [-0.25, -0.2) is 0 Å². The van der Waals surface area contributed by atoms with Crippen LogP contribution in [0.5, 0.6) is 5.75 Å². The van der Waals surface area contributed by atoms with Gasteiger partial charge < -0.3 is 22.4 Å². The molecule has 0 atom stereocenters. The average Bonchev–Trinajstić information content (AvgIpc) is 2.22. The fraction of sp³-hybridized carbons (Fsp3) is 0.500. The van der Waals surface area contributed by atoms with Crippen molar-refractivity contribution in [1.29, 1.82) is 0 Å². The monoisotopic (exact) mass is 300 g/mol. The standard InChI is InChI=1S/C12H17BF3O2.K/c1-12(2,3)18-9-8-17-11-7-5-4-6-10(11)13(14,15)16;/h4-7H,8-9H2,1-3H3;/q-1;+1. The molecule has 0 bridgehead atoms. The molecule has 0 heterocycles. The van der Waals surface area contributed by atoms with E-state index in [1.165, 1.54) is 18.2 Å². The zero-order chi connectivity index (χ0) is 13.8. The molecule has 0 aliphatic carbocycles. The van der Waals surface area contributed by atoms with Crippen LogP contribution in [0.1, 0.15) is 20.8 Å². The summed E-state index contributed by atoms with van der Waals surface area (Å²) in [6.07, 6.45) is 0. The molecule has 1 aromatic rings. The van der Waals surface area contributed by atoms with Gasteiger partial charge >= 0.3 is 58.4 Å². The Morgan fingerprint density at radius 1 is 1.05 bits per heavy atom. The number of ether oxygens (including phenoxy) is 2. The maximum atomic E-state index is 12.7. The zero-order valence-corrected chi connectivity index (χ0v) is 14.9. The topological polar surface area (TPSA) is 18.5 Å². The Bertz CT molecular complexity index is 391. The van der Waals surface area contributed by atoms with E-state index in [1.54, 1.807) is 0 Å². The van der Waals surface area contributed by atoms with Gasteiger partial charge in [0.25, 0.3) is 0 Å². The van der Waals surface area contributed by atoms with Gasteiger partial charge in [0.15, 0.2) is 0 Å². The van der Waals surface area contributed by atoms with Crippen LogP contribution in [0.4, 0.5) is 12.9 Å². The normalized spacial score (nSPS) is 11.9. The van der Waals surface area contributed by atoms with Gasteiger partial charge in [0.05, 0.1) is 18.0 Å². The molecule has 19 heavy (non-hydrogen) atoms. The van der Waals surface area contributed by atoms with Crippen molar-refractivity contribution in [1.82, 2.24) is 0 Å². The van der Waals surface area contributed by atoms with E-state index in [0.29, 0.717) is 0 Å². The van der Waals surface area contributed by atoms with Crippen molar-refractivity contribution in [2.24, 2.45) is 0 Å². The van der Waals surface area contributed by atoms with Crippen molar-refractivity contribution >= 4 is 12.4 Å². The van der Waals surface area contributed by atoms with Gasteiger partial charge in [0, 0.05) is 0 Å². The molecule has 0 aliphatic heterocycles. The van der Waals surface area contributed by atoms with Crippen molar-refractivity contribution in [3.63, 3.8) is 0 Å². The summed E-state index contributed by atoms with van der Waals surface area (Å²) < 4.78 is 48.6. The van der Waals surface area contributed by atoms with E-state index in [4.69, 9.17) is 9.47 Å². The van der Waals surface area contributed by atoms with E-state index in [9.17, 15) is 12.9 Å². The summed E-state index contributed by atoms with van der Waals surface area (Å²) >= 11 is 0. The van der Waals surface area contributed by atoms with Gasteiger partial charge in [-0.3, -0.25) is 0 Å². The molecule has 7 heteroatoms. The van der Waals surface area contributed by atoms with Crippen molar-refractivity contribution in [2.75, 3.05) is 13.2 Å². The maximum Gasteiger partial charge on any atom is 1.00 e. The van der Waals surface area contributed by atoms with Crippen LogP contribution >= 0.6 is 0 Å². The molecule has 1 rings (SSSR count). The number of halogens is 3. The summed E-state index contributed by atoms with van der Waals surface area (Å²) in [5.41, 5.74) is -1.02. The fourth-order valence-electron chi connectivity index (χ4n) is 1.38. The van der Waals surface area contributed by atoms with Gasteiger partial charge in [0.2, 0.25) is 0 Å². The number of para-hydroxylation sites is 1. The van der Waals surface area contributed by atoms with Crippen LogP contribution in [0.25, 0.3) is 0 Å². The van der Waals surface area contributed by atoms with E-state index in [0.717, 1.165) is 6.07 Å². The Kier molecular flexibility index (Phi) is 8.25. The van der Waals surface area contributed by atoms with Gasteiger partial charge in [-0.1, -0.05) is 23.7 Å². The van der Waals surface area contributed by atoms with Crippen LogP contribution in [0.3, 0.4) is 0 Å². The first-order chi connectivity index (χ1) is 8.20. The Morgan fingerprint density at radius 2 is 1.63 bits per heavy atom. The zero-order valence-electron chi connectivity index (χ0n) is 11.8. The van der Waals surface area contributed by atoms with Gasteiger partial charge in [-0.15, -0.1) is 0 Å². The number of hydrogen-bond acceptors (Lipinski definition) is 2. The minimum absolute atomic E-state index is 0. The van der Waals surface area contributed by atoms with E-state index in [-0.39, 0.29) is 75.9 Å². The third-order valence-corrected chi connectivity index (χ3v) is 2.15. The van der Waals surface area contributed by atoms with Crippen molar-refractivity contribution in [3.8, 4) is 5.75 Å². The van der Waals surface area contributed by atoms with E-state index >= 15 is 0 Å². The molecule has 0 spiro atoms. The van der Waals surface area contributed by atoms with Gasteiger partial charge in [-0.05, 0) is 26.8 Å². The van der Waals surface area contributed by atoms with Gasteiger partial charge in [-0.2, -0.15) is 0 Å². The van der Waals surface area contributed by atoms with Crippen molar-refractivity contribution in [2.45, 2.75) is 26.4 Å². The number of rotatable bonds is 5. The Morgan fingerprint density at radius 3 is 2.16 bits per heavy atom. The van der Waals surface area contributed by atoms with E-state index < -0.39 is 12.4 Å². The molecule has 0 aliphatic rings. The van der Waals surface area contributed by atoms with Crippen LogP contribution in [0.2, 0.25) is 0 Å². The third-order valence-electron chi connectivity index (χ3n) is 2.15. The van der Waals surface area contributed by atoms with Crippen molar-refractivity contribution < 1.29 is 73.8 Å². The largest absolute Gasteiger partial charge is 1.00 e. The summed E-state index contributed by atoms with van der Waals surface area (Å²) in [6.45, 7) is 0.926. The molecule has 0 saturated carbocycles. The number of benzene rings is 1. The quantitative estimate of drug-likeness (QED) is 0.560. The maximum absolute atomic E-state index is 12.7. The Hall–Kier alpha value is 0.471. The molecule has 0 amide bonds. The summed E-state index contributed by atoms with van der Waals surface area (Å²) in [4.78, 5) is 0. The molecule has 1 aromatic carbocycles. The molecule has 0 fully saturated rings. The van der Waals surface area contributed by atoms with E-state index in [2.05, 4.69) is 0 Å². The second-order valence-corrected chi connectivity index (χ2v) is 4.92. The SMILES string of the molecule is CC(C)(C)OCCOc1ccccc1[B-](F)(F)F.[K+]. The molecular weight excluding hydrogens is 283 g/mol. The molecule has 2 nitrogen and oxygen atoms in total. The molecule has 102 valence electrons. The number of hydrogen-bond donors (Lipinski definition) is 0.